The second-order valence-corrected chi connectivity index (χ2v) is 3.68. The van der Waals surface area contributed by atoms with E-state index in [2.05, 4.69) is 13.2 Å². The summed E-state index contributed by atoms with van der Waals surface area (Å²) in [6.45, 7) is 7.56. The van der Waals surface area contributed by atoms with Crippen LogP contribution < -0.4 is 11.5 Å². The van der Waals surface area contributed by atoms with E-state index in [9.17, 15) is 0 Å². The van der Waals surface area contributed by atoms with Gasteiger partial charge in [-0.2, -0.15) is 0 Å². The molecule has 80 valence electrons. The zero-order valence-corrected chi connectivity index (χ0v) is 9.03. The average molecular weight is 210 g/mol. The monoisotopic (exact) mass is 210 g/mol. The summed E-state index contributed by atoms with van der Waals surface area (Å²) in [5.74, 6) is 0. The second-order valence-electron chi connectivity index (χ2n) is 3.68. The SMILES string of the molecule is C=Cc1cc2ccc(N)c(N)c2cc1C=C. The number of rotatable bonds is 2. The van der Waals surface area contributed by atoms with Gasteiger partial charge in [0.15, 0.2) is 0 Å². The third-order valence-electron chi connectivity index (χ3n) is 2.74. The lowest BCUT2D eigenvalue weighted by Crippen LogP contribution is -1.96. The van der Waals surface area contributed by atoms with Gasteiger partial charge >= 0.3 is 0 Å². The van der Waals surface area contributed by atoms with Gasteiger partial charge in [-0.05, 0) is 34.7 Å². The summed E-state index contributed by atoms with van der Waals surface area (Å²) in [7, 11) is 0. The van der Waals surface area contributed by atoms with Gasteiger partial charge in [-0.1, -0.05) is 31.4 Å². The topological polar surface area (TPSA) is 52.0 Å². The first-order valence-corrected chi connectivity index (χ1v) is 5.04. The number of benzene rings is 2. The maximum Gasteiger partial charge on any atom is 0.0627 e. The number of anilines is 2. The molecule has 0 unspecified atom stereocenters. The Kier molecular flexibility index (Phi) is 2.41. The Morgan fingerprint density at radius 2 is 1.56 bits per heavy atom. The first-order valence-electron chi connectivity index (χ1n) is 5.04. The van der Waals surface area contributed by atoms with E-state index in [1.165, 1.54) is 0 Å². The Morgan fingerprint density at radius 3 is 2.19 bits per heavy atom. The van der Waals surface area contributed by atoms with Gasteiger partial charge in [-0.3, -0.25) is 0 Å². The molecule has 0 heterocycles. The molecule has 2 rings (SSSR count). The van der Waals surface area contributed by atoms with E-state index in [4.69, 9.17) is 11.5 Å². The number of nitrogens with two attached hydrogens (primary N) is 2. The first kappa shape index (κ1) is 10.3. The smallest absolute Gasteiger partial charge is 0.0627 e. The standard InChI is InChI=1S/C14H14N2/c1-3-9-7-11-5-6-13(15)14(16)12(11)8-10(9)4-2/h3-8H,1-2,15-16H2. The van der Waals surface area contributed by atoms with Crippen molar-refractivity contribution in [2.45, 2.75) is 0 Å². The molecular formula is C14H14N2. The van der Waals surface area contributed by atoms with Gasteiger partial charge < -0.3 is 11.5 Å². The summed E-state index contributed by atoms with van der Waals surface area (Å²) >= 11 is 0. The highest BCUT2D eigenvalue weighted by molar-refractivity contribution is 6.00. The molecule has 0 spiro atoms. The molecule has 0 radical (unpaired) electrons. The minimum absolute atomic E-state index is 0.605. The van der Waals surface area contributed by atoms with Crippen molar-refractivity contribution in [3.8, 4) is 0 Å². The van der Waals surface area contributed by atoms with Gasteiger partial charge in [0.25, 0.3) is 0 Å². The average Bonchev–Trinajstić information content (AvgIpc) is 2.32. The van der Waals surface area contributed by atoms with Crippen LogP contribution in [0.2, 0.25) is 0 Å². The summed E-state index contributed by atoms with van der Waals surface area (Å²) in [6, 6.07) is 7.80. The minimum Gasteiger partial charge on any atom is -0.397 e. The van der Waals surface area contributed by atoms with E-state index in [1.807, 2.05) is 30.3 Å². The van der Waals surface area contributed by atoms with Crippen LogP contribution in [-0.4, -0.2) is 0 Å². The van der Waals surface area contributed by atoms with E-state index in [1.54, 1.807) is 6.08 Å². The molecule has 0 aliphatic heterocycles. The molecule has 4 N–H and O–H groups in total. The second kappa shape index (κ2) is 3.74. The molecule has 0 saturated heterocycles. The molecule has 0 saturated carbocycles. The molecule has 0 aliphatic carbocycles. The van der Waals surface area contributed by atoms with Crippen molar-refractivity contribution in [2.75, 3.05) is 11.5 Å². The van der Waals surface area contributed by atoms with Crippen molar-refractivity contribution in [1.29, 1.82) is 0 Å². The lowest BCUT2D eigenvalue weighted by molar-refractivity contribution is 1.65. The molecular weight excluding hydrogens is 196 g/mol. The van der Waals surface area contributed by atoms with Crippen LogP contribution in [0.1, 0.15) is 11.1 Å². The van der Waals surface area contributed by atoms with Crippen LogP contribution in [0.15, 0.2) is 37.4 Å². The molecule has 0 aliphatic rings. The third-order valence-corrected chi connectivity index (χ3v) is 2.74. The van der Waals surface area contributed by atoms with Crippen LogP contribution in [0.3, 0.4) is 0 Å². The maximum atomic E-state index is 5.95. The molecule has 2 aromatic carbocycles. The van der Waals surface area contributed by atoms with E-state index in [-0.39, 0.29) is 0 Å². The van der Waals surface area contributed by atoms with Gasteiger partial charge in [-0.25, -0.2) is 0 Å². The van der Waals surface area contributed by atoms with E-state index < -0.39 is 0 Å². The molecule has 2 aromatic rings. The van der Waals surface area contributed by atoms with Crippen LogP contribution in [0.5, 0.6) is 0 Å². The predicted molar refractivity (Wildman–Crippen MR) is 73.0 cm³/mol. The normalized spacial score (nSPS) is 10.2. The maximum absolute atomic E-state index is 5.95. The van der Waals surface area contributed by atoms with Crippen LogP contribution in [0.25, 0.3) is 22.9 Å². The highest BCUT2D eigenvalue weighted by atomic mass is 14.7. The molecule has 0 atom stereocenters. The summed E-state index contributed by atoms with van der Waals surface area (Å²) in [5, 5.41) is 2.02. The fourth-order valence-corrected chi connectivity index (χ4v) is 1.80. The van der Waals surface area contributed by atoms with Gasteiger partial charge in [-0.15, -0.1) is 0 Å². The molecule has 0 bridgehead atoms. The lowest BCUT2D eigenvalue weighted by atomic mass is 9.99. The summed E-state index contributed by atoms with van der Waals surface area (Å²) < 4.78 is 0. The predicted octanol–water partition coefficient (Wildman–Crippen LogP) is 3.29. The molecule has 2 nitrogen and oxygen atoms in total. The summed E-state index contributed by atoms with van der Waals surface area (Å²) in [4.78, 5) is 0. The molecule has 16 heavy (non-hydrogen) atoms. The van der Waals surface area contributed by atoms with Crippen LogP contribution in [-0.2, 0) is 0 Å². The zero-order valence-electron chi connectivity index (χ0n) is 9.03. The lowest BCUT2D eigenvalue weighted by Gasteiger charge is -2.09. The number of fused-ring (bicyclic) bond motifs is 1. The fraction of sp³-hybridized carbons (Fsp3) is 0. The summed E-state index contributed by atoms with van der Waals surface area (Å²) in [5.41, 5.74) is 15.0. The number of hydrogen-bond acceptors (Lipinski definition) is 2. The van der Waals surface area contributed by atoms with E-state index in [0.29, 0.717) is 11.4 Å². The van der Waals surface area contributed by atoms with Crippen molar-refractivity contribution in [2.24, 2.45) is 0 Å². The van der Waals surface area contributed by atoms with Gasteiger partial charge in [0.05, 0.1) is 11.4 Å². The van der Waals surface area contributed by atoms with Crippen LogP contribution in [0.4, 0.5) is 11.4 Å². The quantitative estimate of drug-likeness (QED) is 0.747. The molecule has 0 fully saturated rings. The van der Waals surface area contributed by atoms with Crippen molar-refractivity contribution >= 4 is 34.3 Å². The first-order chi connectivity index (χ1) is 7.67. The highest BCUT2D eigenvalue weighted by Gasteiger charge is 2.04. The Morgan fingerprint density at radius 1 is 0.938 bits per heavy atom. The Bertz CT molecular complexity index is 583. The Balaban J connectivity index is 2.88. The molecule has 0 amide bonds. The van der Waals surface area contributed by atoms with Gasteiger partial charge in [0.1, 0.15) is 0 Å². The van der Waals surface area contributed by atoms with Crippen LogP contribution in [0, 0.1) is 0 Å². The largest absolute Gasteiger partial charge is 0.397 e. The van der Waals surface area contributed by atoms with Gasteiger partial charge in [0.2, 0.25) is 0 Å². The Labute approximate surface area is 94.9 Å². The molecule has 0 aromatic heterocycles. The fourth-order valence-electron chi connectivity index (χ4n) is 1.80. The van der Waals surface area contributed by atoms with Crippen molar-refractivity contribution < 1.29 is 0 Å². The third kappa shape index (κ3) is 1.44. The summed E-state index contributed by atoms with van der Waals surface area (Å²) in [6.07, 6.45) is 3.60. The Hall–Kier alpha value is -2.22. The van der Waals surface area contributed by atoms with Gasteiger partial charge in [0, 0.05) is 5.39 Å². The number of nitrogen functional groups attached to an aromatic ring is 2. The van der Waals surface area contributed by atoms with Crippen molar-refractivity contribution in [3.63, 3.8) is 0 Å². The minimum atomic E-state index is 0.605. The van der Waals surface area contributed by atoms with Crippen LogP contribution >= 0.6 is 0 Å². The van der Waals surface area contributed by atoms with Crippen molar-refractivity contribution in [3.05, 3.63) is 48.6 Å². The zero-order chi connectivity index (χ0) is 11.7. The van der Waals surface area contributed by atoms with Crippen molar-refractivity contribution in [1.82, 2.24) is 0 Å². The van der Waals surface area contributed by atoms with E-state index >= 15 is 0 Å². The number of hydrogen-bond donors (Lipinski definition) is 2. The molecule has 2 heteroatoms. The highest BCUT2D eigenvalue weighted by Crippen LogP contribution is 2.30. The van der Waals surface area contributed by atoms with E-state index in [0.717, 1.165) is 21.9 Å².